The Kier molecular flexibility index (Phi) is 5.08. The zero-order valence-electron chi connectivity index (χ0n) is 15.8. The van der Waals surface area contributed by atoms with E-state index in [-0.39, 0.29) is 5.82 Å². The SMILES string of the molecule is Cc1ccc(C(F)(F)F)cc1N1CCN(CC2C[C@H]2c2ccc(F)cc2)CC1. The molecule has 1 saturated carbocycles. The van der Waals surface area contributed by atoms with Gasteiger partial charge in [-0.15, -0.1) is 0 Å². The van der Waals surface area contributed by atoms with Crippen molar-refractivity contribution >= 4 is 5.69 Å². The largest absolute Gasteiger partial charge is 0.416 e. The molecule has 1 heterocycles. The number of benzene rings is 2. The van der Waals surface area contributed by atoms with Gasteiger partial charge in [-0.05, 0) is 60.6 Å². The third-order valence-electron chi connectivity index (χ3n) is 5.96. The molecule has 2 atom stereocenters. The highest BCUT2D eigenvalue weighted by Crippen LogP contribution is 2.47. The monoisotopic (exact) mass is 392 g/mol. The van der Waals surface area contributed by atoms with Crippen LogP contribution in [0.1, 0.15) is 29.0 Å². The van der Waals surface area contributed by atoms with E-state index in [9.17, 15) is 17.6 Å². The Bertz CT molecular complexity index is 823. The highest BCUT2D eigenvalue weighted by molar-refractivity contribution is 5.56. The Balaban J connectivity index is 1.33. The number of aryl methyl sites for hydroxylation is 1. The summed E-state index contributed by atoms with van der Waals surface area (Å²) in [7, 11) is 0. The molecule has 0 spiro atoms. The van der Waals surface area contributed by atoms with Gasteiger partial charge in [-0.25, -0.2) is 4.39 Å². The highest BCUT2D eigenvalue weighted by Gasteiger charge is 2.39. The Morgan fingerprint density at radius 1 is 0.964 bits per heavy atom. The van der Waals surface area contributed by atoms with Crippen LogP contribution in [0.4, 0.5) is 23.2 Å². The number of rotatable bonds is 4. The molecule has 2 aromatic carbocycles. The number of anilines is 1. The van der Waals surface area contributed by atoms with Crippen molar-refractivity contribution in [1.29, 1.82) is 0 Å². The van der Waals surface area contributed by atoms with Gasteiger partial charge in [0.25, 0.3) is 0 Å². The van der Waals surface area contributed by atoms with Crippen LogP contribution in [0.2, 0.25) is 0 Å². The fraction of sp³-hybridized carbons (Fsp3) is 0.455. The molecule has 0 N–H and O–H groups in total. The lowest BCUT2D eigenvalue weighted by atomic mass is 10.1. The van der Waals surface area contributed by atoms with Crippen LogP contribution in [-0.2, 0) is 6.18 Å². The van der Waals surface area contributed by atoms with Crippen LogP contribution in [-0.4, -0.2) is 37.6 Å². The van der Waals surface area contributed by atoms with E-state index in [1.54, 1.807) is 6.07 Å². The van der Waals surface area contributed by atoms with Crippen LogP contribution >= 0.6 is 0 Å². The maximum absolute atomic E-state index is 13.1. The standard InChI is InChI=1S/C22H24F4N2/c1-15-2-5-18(22(24,25)26)13-21(15)28-10-8-27(9-11-28)14-17-12-20(17)16-3-6-19(23)7-4-16/h2-7,13,17,20H,8-12,14H2,1H3/t17?,20-/m0/s1. The first-order valence-electron chi connectivity index (χ1n) is 9.72. The fourth-order valence-electron chi connectivity index (χ4n) is 4.20. The van der Waals surface area contributed by atoms with Crippen molar-refractivity contribution in [2.75, 3.05) is 37.6 Å². The van der Waals surface area contributed by atoms with Crippen molar-refractivity contribution in [3.63, 3.8) is 0 Å². The van der Waals surface area contributed by atoms with Gasteiger partial charge < -0.3 is 4.90 Å². The maximum atomic E-state index is 13.1. The van der Waals surface area contributed by atoms with Crippen LogP contribution in [0.15, 0.2) is 42.5 Å². The predicted octanol–water partition coefficient (Wildman–Crippen LogP) is 5.08. The van der Waals surface area contributed by atoms with E-state index < -0.39 is 11.7 Å². The first-order chi connectivity index (χ1) is 13.3. The lowest BCUT2D eigenvalue weighted by molar-refractivity contribution is -0.137. The Hall–Kier alpha value is -2.08. The number of hydrogen-bond acceptors (Lipinski definition) is 2. The van der Waals surface area contributed by atoms with Crippen molar-refractivity contribution in [2.24, 2.45) is 5.92 Å². The minimum Gasteiger partial charge on any atom is -0.369 e. The molecule has 1 unspecified atom stereocenters. The second-order valence-electron chi connectivity index (χ2n) is 7.94. The Morgan fingerprint density at radius 3 is 2.29 bits per heavy atom. The normalized spacial score (nSPS) is 23.1. The minimum atomic E-state index is -4.31. The maximum Gasteiger partial charge on any atom is 0.416 e. The third kappa shape index (κ3) is 4.17. The zero-order valence-corrected chi connectivity index (χ0v) is 15.8. The van der Waals surface area contributed by atoms with E-state index in [2.05, 4.69) is 9.80 Å². The smallest absolute Gasteiger partial charge is 0.369 e. The topological polar surface area (TPSA) is 6.48 Å². The van der Waals surface area contributed by atoms with E-state index in [1.165, 1.54) is 23.8 Å². The molecule has 2 nitrogen and oxygen atoms in total. The summed E-state index contributed by atoms with van der Waals surface area (Å²) < 4.78 is 52.2. The number of halogens is 4. The fourth-order valence-corrected chi connectivity index (χ4v) is 4.20. The molecule has 2 fully saturated rings. The summed E-state index contributed by atoms with van der Waals surface area (Å²) in [4.78, 5) is 4.46. The van der Waals surface area contributed by atoms with E-state index in [4.69, 9.17) is 0 Å². The summed E-state index contributed by atoms with van der Waals surface area (Å²) in [6.45, 7) is 6.02. The molecule has 0 bridgehead atoms. The van der Waals surface area contributed by atoms with E-state index in [0.29, 0.717) is 17.5 Å². The summed E-state index contributed by atoms with van der Waals surface area (Å²) in [5, 5.41) is 0. The van der Waals surface area contributed by atoms with Crippen molar-refractivity contribution < 1.29 is 17.6 Å². The van der Waals surface area contributed by atoms with Gasteiger partial charge in [0.05, 0.1) is 5.56 Å². The molecule has 0 aromatic heterocycles. The zero-order chi connectivity index (χ0) is 19.9. The molecule has 1 aliphatic heterocycles. The number of hydrogen-bond donors (Lipinski definition) is 0. The first kappa shape index (κ1) is 19.2. The Morgan fingerprint density at radius 2 is 1.64 bits per heavy atom. The lowest BCUT2D eigenvalue weighted by Crippen LogP contribution is -2.47. The lowest BCUT2D eigenvalue weighted by Gasteiger charge is -2.37. The van der Waals surface area contributed by atoms with Gasteiger partial charge in [0.15, 0.2) is 0 Å². The van der Waals surface area contributed by atoms with Crippen molar-refractivity contribution in [3.05, 3.63) is 65.0 Å². The molecular weight excluding hydrogens is 368 g/mol. The van der Waals surface area contributed by atoms with Crippen LogP contribution in [0.3, 0.4) is 0 Å². The molecular formula is C22H24F4N2. The number of piperazine rings is 1. The van der Waals surface area contributed by atoms with Gasteiger partial charge in [-0.3, -0.25) is 4.90 Å². The molecule has 1 aliphatic carbocycles. The van der Waals surface area contributed by atoms with Gasteiger partial charge in [0, 0.05) is 38.4 Å². The molecule has 0 radical (unpaired) electrons. The van der Waals surface area contributed by atoms with Crippen molar-refractivity contribution in [1.82, 2.24) is 4.90 Å². The van der Waals surface area contributed by atoms with E-state index >= 15 is 0 Å². The average molecular weight is 392 g/mol. The molecule has 150 valence electrons. The van der Waals surface area contributed by atoms with Gasteiger partial charge in [-0.2, -0.15) is 13.2 Å². The Labute approximate surface area is 162 Å². The summed E-state index contributed by atoms with van der Waals surface area (Å²) >= 11 is 0. The van der Waals surface area contributed by atoms with Gasteiger partial charge in [0.1, 0.15) is 5.82 Å². The highest BCUT2D eigenvalue weighted by atomic mass is 19.4. The van der Waals surface area contributed by atoms with Crippen LogP contribution in [0, 0.1) is 18.7 Å². The third-order valence-corrected chi connectivity index (χ3v) is 5.96. The molecule has 6 heteroatoms. The van der Waals surface area contributed by atoms with Crippen LogP contribution in [0.5, 0.6) is 0 Å². The average Bonchev–Trinajstić information content (AvgIpc) is 3.41. The van der Waals surface area contributed by atoms with Gasteiger partial charge >= 0.3 is 6.18 Å². The van der Waals surface area contributed by atoms with Crippen LogP contribution < -0.4 is 4.90 Å². The summed E-state index contributed by atoms with van der Waals surface area (Å²) in [6, 6.07) is 10.8. The molecule has 0 amide bonds. The van der Waals surface area contributed by atoms with Gasteiger partial charge in [-0.1, -0.05) is 18.2 Å². The second kappa shape index (κ2) is 7.39. The molecule has 2 aromatic rings. The molecule has 4 rings (SSSR count). The molecule has 1 saturated heterocycles. The van der Waals surface area contributed by atoms with Gasteiger partial charge in [0.2, 0.25) is 0 Å². The second-order valence-corrected chi connectivity index (χ2v) is 7.94. The summed E-state index contributed by atoms with van der Waals surface area (Å²) in [6.07, 6.45) is -3.19. The molecule has 28 heavy (non-hydrogen) atoms. The number of nitrogens with zero attached hydrogens (tertiary/aromatic N) is 2. The van der Waals surface area contributed by atoms with Crippen molar-refractivity contribution in [3.8, 4) is 0 Å². The van der Waals surface area contributed by atoms with E-state index in [0.717, 1.165) is 50.8 Å². The van der Waals surface area contributed by atoms with Crippen LogP contribution in [0.25, 0.3) is 0 Å². The summed E-state index contributed by atoms with van der Waals surface area (Å²) in [5.41, 5.74) is 2.17. The first-order valence-corrected chi connectivity index (χ1v) is 9.72. The summed E-state index contributed by atoms with van der Waals surface area (Å²) in [5.74, 6) is 0.888. The van der Waals surface area contributed by atoms with Crippen molar-refractivity contribution in [2.45, 2.75) is 25.4 Å². The molecule has 2 aliphatic rings. The quantitative estimate of drug-likeness (QED) is 0.670. The predicted molar refractivity (Wildman–Crippen MR) is 102 cm³/mol. The van der Waals surface area contributed by atoms with E-state index in [1.807, 2.05) is 19.1 Å². The minimum absolute atomic E-state index is 0.207. The number of alkyl halides is 3.